The molecule has 2 aromatic carbocycles. The predicted octanol–water partition coefficient (Wildman–Crippen LogP) is 2.53. The molecule has 0 bridgehead atoms. The molecule has 5 heteroatoms. The fourth-order valence-corrected chi connectivity index (χ4v) is 2.43. The number of benzene rings is 2. The zero-order valence-corrected chi connectivity index (χ0v) is 13.9. The number of hydrogen-bond donors (Lipinski definition) is 2. The molecule has 0 aliphatic rings. The first-order valence-corrected chi connectivity index (χ1v) is 7.81. The van der Waals surface area contributed by atoms with Crippen LogP contribution in [0.25, 0.3) is 0 Å². The third kappa shape index (κ3) is 5.50. The summed E-state index contributed by atoms with van der Waals surface area (Å²) < 4.78 is 12.8. The lowest BCUT2D eigenvalue weighted by molar-refractivity contribution is -0.120. The van der Waals surface area contributed by atoms with E-state index >= 15 is 0 Å². The number of amides is 2. The molecule has 0 saturated carbocycles. The second kappa shape index (κ2) is 8.24. The lowest BCUT2D eigenvalue weighted by Gasteiger charge is -2.08. The second-order valence-electron chi connectivity index (χ2n) is 5.79. The van der Waals surface area contributed by atoms with Crippen LogP contribution >= 0.6 is 0 Å². The number of nitrogens with one attached hydrogen (secondary N) is 2. The Balaban J connectivity index is 1.74. The highest BCUT2D eigenvalue weighted by molar-refractivity contribution is 5.96. The van der Waals surface area contributed by atoms with Gasteiger partial charge in [-0.25, -0.2) is 4.39 Å². The van der Waals surface area contributed by atoms with Gasteiger partial charge in [-0.15, -0.1) is 0 Å². The number of hydrogen-bond acceptors (Lipinski definition) is 2. The van der Waals surface area contributed by atoms with Crippen molar-refractivity contribution in [1.82, 2.24) is 10.6 Å². The maximum Gasteiger partial charge on any atom is 0.251 e. The molecule has 0 radical (unpaired) electrons. The number of carbonyl (C=O) groups is 2. The van der Waals surface area contributed by atoms with E-state index in [0.717, 1.165) is 16.7 Å². The monoisotopic (exact) mass is 328 g/mol. The first-order chi connectivity index (χ1) is 11.4. The molecular formula is C19H21FN2O2. The molecule has 0 aromatic heterocycles. The lowest BCUT2D eigenvalue weighted by atomic mass is 10.1. The summed E-state index contributed by atoms with van der Waals surface area (Å²) in [6.45, 7) is 4.21. The van der Waals surface area contributed by atoms with Gasteiger partial charge in [0.25, 0.3) is 5.91 Å². The molecule has 0 fully saturated rings. The van der Waals surface area contributed by atoms with Crippen molar-refractivity contribution < 1.29 is 14.0 Å². The molecule has 2 N–H and O–H groups in total. The smallest absolute Gasteiger partial charge is 0.251 e. The third-order valence-corrected chi connectivity index (χ3v) is 3.54. The molecule has 2 rings (SSSR count). The van der Waals surface area contributed by atoms with E-state index in [0.29, 0.717) is 18.5 Å². The number of halogens is 1. The van der Waals surface area contributed by atoms with E-state index in [1.807, 2.05) is 19.9 Å². The van der Waals surface area contributed by atoms with Gasteiger partial charge in [-0.3, -0.25) is 9.59 Å². The normalized spacial score (nSPS) is 10.3. The van der Waals surface area contributed by atoms with E-state index in [1.165, 1.54) is 12.1 Å². The SMILES string of the molecule is Cc1cc(C)cc(C(=O)NCC(=O)NCCc2ccc(F)cc2)c1. The Labute approximate surface area is 141 Å². The zero-order valence-electron chi connectivity index (χ0n) is 13.9. The molecule has 2 amide bonds. The highest BCUT2D eigenvalue weighted by Crippen LogP contribution is 2.08. The summed E-state index contributed by atoms with van der Waals surface area (Å²) >= 11 is 0. The Morgan fingerprint density at radius 1 is 0.958 bits per heavy atom. The first-order valence-electron chi connectivity index (χ1n) is 7.81. The largest absolute Gasteiger partial charge is 0.354 e. The molecule has 0 saturated heterocycles. The molecular weight excluding hydrogens is 307 g/mol. The molecule has 4 nitrogen and oxygen atoms in total. The van der Waals surface area contributed by atoms with Crippen LogP contribution in [0.2, 0.25) is 0 Å². The average molecular weight is 328 g/mol. The van der Waals surface area contributed by atoms with Gasteiger partial charge in [0.2, 0.25) is 5.91 Å². The topological polar surface area (TPSA) is 58.2 Å². The van der Waals surface area contributed by atoms with Gasteiger partial charge in [0.1, 0.15) is 5.82 Å². The fraction of sp³-hybridized carbons (Fsp3) is 0.263. The van der Waals surface area contributed by atoms with Crippen molar-refractivity contribution in [2.24, 2.45) is 0 Å². The highest BCUT2D eigenvalue weighted by atomic mass is 19.1. The summed E-state index contributed by atoms with van der Waals surface area (Å²) in [6, 6.07) is 11.7. The zero-order chi connectivity index (χ0) is 17.5. The number of aryl methyl sites for hydroxylation is 2. The van der Waals surface area contributed by atoms with Gasteiger partial charge >= 0.3 is 0 Å². The molecule has 126 valence electrons. The Morgan fingerprint density at radius 3 is 2.21 bits per heavy atom. The molecule has 0 aliphatic heterocycles. The van der Waals surface area contributed by atoms with Gasteiger partial charge in [0.05, 0.1) is 6.54 Å². The number of carbonyl (C=O) groups excluding carboxylic acids is 2. The van der Waals surface area contributed by atoms with Crippen molar-refractivity contribution in [2.75, 3.05) is 13.1 Å². The molecule has 24 heavy (non-hydrogen) atoms. The van der Waals surface area contributed by atoms with Gasteiger partial charge < -0.3 is 10.6 Å². The lowest BCUT2D eigenvalue weighted by Crippen LogP contribution is -2.37. The molecule has 0 unspecified atom stereocenters. The highest BCUT2D eigenvalue weighted by Gasteiger charge is 2.08. The van der Waals surface area contributed by atoms with Crippen molar-refractivity contribution >= 4 is 11.8 Å². The molecule has 0 spiro atoms. The van der Waals surface area contributed by atoms with E-state index < -0.39 is 0 Å². The van der Waals surface area contributed by atoms with E-state index in [2.05, 4.69) is 10.6 Å². The van der Waals surface area contributed by atoms with Crippen LogP contribution in [0, 0.1) is 19.7 Å². The van der Waals surface area contributed by atoms with E-state index in [4.69, 9.17) is 0 Å². The summed E-state index contributed by atoms with van der Waals surface area (Å²) in [5.41, 5.74) is 3.50. The Bertz CT molecular complexity index is 706. The molecule has 2 aromatic rings. The molecule has 0 atom stereocenters. The number of rotatable bonds is 6. The Morgan fingerprint density at radius 2 is 1.58 bits per heavy atom. The van der Waals surface area contributed by atoms with E-state index in [1.54, 1.807) is 24.3 Å². The van der Waals surface area contributed by atoms with Gasteiger partial charge in [-0.05, 0) is 50.1 Å². The fourth-order valence-electron chi connectivity index (χ4n) is 2.43. The summed E-state index contributed by atoms with van der Waals surface area (Å²) in [6.07, 6.45) is 0.608. The standard InChI is InChI=1S/C19H21FN2O2/c1-13-9-14(2)11-16(10-13)19(24)22-12-18(23)21-8-7-15-3-5-17(20)6-4-15/h3-6,9-11H,7-8,12H2,1-2H3,(H,21,23)(H,22,24). The van der Waals surface area contributed by atoms with Crippen LogP contribution in [0.3, 0.4) is 0 Å². The van der Waals surface area contributed by atoms with Crippen LogP contribution in [0.5, 0.6) is 0 Å². The van der Waals surface area contributed by atoms with E-state index in [9.17, 15) is 14.0 Å². The summed E-state index contributed by atoms with van der Waals surface area (Å²) in [4.78, 5) is 23.8. The summed E-state index contributed by atoms with van der Waals surface area (Å²) in [5.74, 6) is -0.804. The van der Waals surface area contributed by atoms with Crippen LogP contribution in [-0.4, -0.2) is 24.9 Å². The van der Waals surface area contributed by atoms with Crippen LogP contribution in [0.15, 0.2) is 42.5 Å². The second-order valence-corrected chi connectivity index (χ2v) is 5.79. The Kier molecular flexibility index (Phi) is 6.07. The van der Waals surface area contributed by atoms with Crippen LogP contribution in [0.4, 0.5) is 4.39 Å². The third-order valence-electron chi connectivity index (χ3n) is 3.54. The van der Waals surface area contributed by atoms with Crippen molar-refractivity contribution in [3.05, 3.63) is 70.5 Å². The minimum absolute atomic E-state index is 0.0742. The quantitative estimate of drug-likeness (QED) is 0.856. The van der Waals surface area contributed by atoms with Gasteiger partial charge in [-0.2, -0.15) is 0 Å². The molecule has 0 aliphatic carbocycles. The van der Waals surface area contributed by atoms with Crippen molar-refractivity contribution in [2.45, 2.75) is 20.3 Å². The van der Waals surface area contributed by atoms with Crippen molar-refractivity contribution in [1.29, 1.82) is 0 Å². The van der Waals surface area contributed by atoms with Crippen molar-refractivity contribution in [3.8, 4) is 0 Å². The average Bonchev–Trinajstić information content (AvgIpc) is 2.53. The summed E-state index contributed by atoms with van der Waals surface area (Å²) in [7, 11) is 0. The Hall–Kier alpha value is -2.69. The van der Waals surface area contributed by atoms with Gasteiger partial charge in [0.15, 0.2) is 0 Å². The van der Waals surface area contributed by atoms with Crippen LogP contribution < -0.4 is 10.6 Å². The van der Waals surface area contributed by atoms with Crippen LogP contribution in [-0.2, 0) is 11.2 Å². The molecule has 0 heterocycles. The summed E-state index contributed by atoms with van der Waals surface area (Å²) in [5, 5.41) is 5.34. The van der Waals surface area contributed by atoms with Gasteiger partial charge in [-0.1, -0.05) is 29.3 Å². The predicted molar refractivity (Wildman–Crippen MR) is 91.4 cm³/mol. The van der Waals surface area contributed by atoms with Crippen molar-refractivity contribution in [3.63, 3.8) is 0 Å². The maximum atomic E-state index is 12.8. The minimum Gasteiger partial charge on any atom is -0.354 e. The van der Waals surface area contributed by atoms with Gasteiger partial charge in [0, 0.05) is 12.1 Å². The minimum atomic E-state index is -0.281. The first kappa shape index (κ1) is 17.7. The van der Waals surface area contributed by atoms with Crippen LogP contribution in [0.1, 0.15) is 27.0 Å². The maximum absolute atomic E-state index is 12.8. The van der Waals surface area contributed by atoms with E-state index in [-0.39, 0.29) is 24.2 Å².